The largest absolute Gasteiger partial charge is 0.348 e. The third-order valence-corrected chi connectivity index (χ3v) is 3.79. The quantitative estimate of drug-likeness (QED) is 0.829. The Balaban J connectivity index is 1.89. The second kappa shape index (κ2) is 4.88. The van der Waals surface area contributed by atoms with Gasteiger partial charge in [0.15, 0.2) is 0 Å². The van der Waals surface area contributed by atoms with Crippen molar-refractivity contribution in [1.82, 2.24) is 19.8 Å². The summed E-state index contributed by atoms with van der Waals surface area (Å²) in [6.07, 6.45) is 3.53. The highest BCUT2D eigenvalue weighted by molar-refractivity contribution is 7.07. The molecule has 1 N–H and O–H groups in total. The van der Waals surface area contributed by atoms with E-state index in [-0.39, 0.29) is 11.9 Å². The number of rotatable bonds is 2. The molecule has 0 aliphatic carbocycles. The van der Waals surface area contributed by atoms with Crippen molar-refractivity contribution in [2.24, 2.45) is 0 Å². The van der Waals surface area contributed by atoms with Gasteiger partial charge in [-0.15, -0.1) is 5.10 Å². The Kier molecular flexibility index (Phi) is 3.50. The number of carbonyl (C=O) groups is 1. The Labute approximate surface area is 99.0 Å². The standard InChI is InChI=1S/C10H16N4OS/c1-7-5-8(3-4-14(7)2)12-10(15)9-6-11-13-16-9/h6-8H,3-5H2,1-2H3,(H,12,15). The van der Waals surface area contributed by atoms with Crippen molar-refractivity contribution in [2.75, 3.05) is 13.6 Å². The minimum Gasteiger partial charge on any atom is -0.348 e. The highest BCUT2D eigenvalue weighted by Crippen LogP contribution is 2.16. The van der Waals surface area contributed by atoms with Gasteiger partial charge in [0.05, 0.1) is 6.20 Å². The van der Waals surface area contributed by atoms with Crippen molar-refractivity contribution in [2.45, 2.75) is 31.8 Å². The minimum absolute atomic E-state index is 0.0447. The van der Waals surface area contributed by atoms with E-state index < -0.39 is 0 Å². The summed E-state index contributed by atoms with van der Waals surface area (Å²) in [5, 5.41) is 6.70. The van der Waals surface area contributed by atoms with E-state index >= 15 is 0 Å². The topological polar surface area (TPSA) is 58.1 Å². The maximum absolute atomic E-state index is 11.8. The predicted octanol–water partition coefficient (Wildman–Crippen LogP) is 0.751. The minimum atomic E-state index is -0.0447. The second-order valence-corrected chi connectivity index (χ2v) is 5.09. The number of hydrogen-bond acceptors (Lipinski definition) is 5. The molecule has 1 amide bonds. The van der Waals surface area contributed by atoms with Crippen LogP contribution in [0.5, 0.6) is 0 Å². The van der Waals surface area contributed by atoms with Crippen LogP contribution in [-0.2, 0) is 0 Å². The van der Waals surface area contributed by atoms with Gasteiger partial charge in [-0.2, -0.15) is 0 Å². The fourth-order valence-corrected chi connectivity index (χ4v) is 2.36. The molecule has 0 spiro atoms. The number of piperidine rings is 1. The van der Waals surface area contributed by atoms with Crippen LogP contribution in [0.4, 0.5) is 0 Å². The van der Waals surface area contributed by atoms with Crippen molar-refractivity contribution in [3.8, 4) is 0 Å². The van der Waals surface area contributed by atoms with Gasteiger partial charge >= 0.3 is 0 Å². The van der Waals surface area contributed by atoms with E-state index in [1.165, 1.54) is 6.20 Å². The van der Waals surface area contributed by atoms with E-state index in [0.29, 0.717) is 10.9 Å². The third-order valence-electron chi connectivity index (χ3n) is 3.13. The van der Waals surface area contributed by atoms with Crippen LogP contribution in [0.3, 0.4) is 0 Å². The summed E-state index contributed by atoms with van der Waals surface area (Å²) in [5.41, 5.74) is 0. The van der Waals surface area contributed by atoms with Crippen LogP contribution in [0, 0.1) is 0 Å². The van der Waals surface area contributed by atoms with Crippen LogP contribution in [0.25, 0.3) is 0 Å². The summed E-state index contributed by atoms with van der Waals surface area (Å²) in [7, 11) is 2.12. The van der Waals surface area contributed by atoms with Crippen molar-refractivity contribution >= 4 is 17.4 Å². The zero-order valence-electron chi connectivity index (χ0n) is 9.51. The molecule has 6 heteroatoms. The van der Waals surface area contributed by atoms with Crippen molar-refractivity contribution in [3.05, 3.63) is 11.1 Å². The maximum atomic E-state index is 11.8. The maximum Gasteiger partial charge on any atom is 0.264 e. The summed E-state index contributed by atoms with van der Waals surface area (Å²) < 4.78 is 3.69. The summed E-state index contributed by atoms with van der Waals surface area (Å²) in [6, 6.07) is 0.805. The number of nitrogens with zero attached hydrogens (tertiary/aromatic N) is 3. The first-order chi connectivity index (χ1) is 7.66. The molecule has 0 bridgehead atoms. The highest BCUT2D eigenvalue weighted by Gasteiger charge is 2.24. The van der Waals surface area contributed by atoms with Gasteiger partial charge in [0.1, 0.15) is 4.88 Å². The van der Waals surface area contributed by atoms with Gasteiger partial charge in [-0.1, -0.05) is 4.49 Å². The summed E-state index contributed by atoms with van der Waals surface area (Å²) in [5.74, 6) is -0.0447. The van der Waals surface area contributed by atoms with E-state index in [1.54, 1.807) is 0 Å². The van der Waals surface area contributed by atoms with Gasteiger partial charge in [0, 0.05) is 18.6 Å². The van der Waals surface area contributed by atoms with E-state index in [0.717, 1.165) is 30.9 Å². The fraction of sp³-hybridized carbons (Fsp3) is 0.700. The normalized spacial score (nSPS) is 26.6. The molecule has 1 saturated heterocycles. The zero-order chi connectivity index (χ0) is 11.5. The SMILES string of the molecule is CC1CC(NC(=O)c2cnns2)CCN1C. The lowest BCUT2D eigenvalue weighted by Crippen LogP contribution is -2.47. The zero-order valence-corrected chi connectivity index (χ0v) is 10.3. The highest BCUT2D eigenvalue weighted by atomic mass is 32.1. The first-order valence-electron chi connectivity index (χ1n) is 5.45. The van der Waals surface area contributed by atoms with Crippen LogP contribution < -0.4 is 5.32 Å². The number of carbonyl (C=O) groups excluding carboxylic acids is 1. The van der Waals surface area contributed by atoms with E-state index in [2.05, 4.69) is 33.8 Å². The molecule has 1 aromatic rings. The fourth-order valence-electron chi connectivity index (χ4n) is 1.94. The molecule has 2 atom stereocenters. The van der Waals surface area contributed by atoms with E-state index in [1.807, 2.05) is 0 Å². The Morgan fingerprint density at radius 1 is 1.69 bits per heavy atom. The molecule has 0 radical (unpaired) electrons. The van der Waals surface area contributed by atoms with Gasteiger partial charge < -0.3 is 10.2 Å². The van der Waals surface area contributed by atoms with Crippen molar-refractivity contribution in [3.63, 3.8) is 0 Å². The Bertz CT molecular complexity index is 354. The van der Waals surface area contributed by atoms with Gasteiger partial charge in [-0.3, -0.25) is 4.79 Å². The lowest BCUT2D eigenvalue weighted by Gasteiger charge is -2.35. The monoisotopic (exact) mass is 240 g/mol. The molecular formula is C10H16N4OS. The van der Waals surface area contributed by atoms with Crippen LogP contribution in [0.2, 0.25) is 0 Å². The molecule has 0 aromatic carbocycles. The van der Waals surface area contributed by atoms with Crippen LogP contribution >= 0.6 is 11.5 Å². The molecule has 2 heterocycles. The van der Waals surface area contributed by atoms with Gasteiger partial charge in [0.2, 0.25) is 0 Å². The number of aromatic nitrogens is 2. The lowest BCUT2D eigenvalue weighted by atomic mass is 9.99. The molecule has 88 valence electrons. The molecule has 1 aliphatic rings. The number of nitrogens with one attached hydrogen (secondary N) is 1. The summed E-state index contributed by atoms with van der Waals surface area (Å²) >= 11 is 1.14. The van der Waals surface area contributed by atoms with E-state index in [4.69, 9.17) is 0 Å². The van der Waals surface area contributed by atoms with Crippen LogP contribution in [0.15, 0.2) is 6.20 Å². The average Bonchev–Trinajstić information content (AvgIpc) is 2.77. The first kappa shape index (κ1) is 11.5. The summed E-state index contributed by atoms with van der Waals surface area (Å²) in [4.78, 5) is 14.7. The molecule has 5 nitrogen and oxygen atoms in total. The molecule has 1 aliphatic heterocycles. The molecule has 1 aromatic heterocycles. The Morgan fingerprint density at radius 3 is 3.12 bits per heavy atom. The third kappa shape index (κ3) is 2.56. The van der Waals surface area contributed by atoms with Gasteiger partial charge in [0.25, 0.3) is 5.91 Å². The van der Waals surface area contributed by atoms with Crippen molar-refractivity contribution < 1.29 is 4.79 Å². The molecule has 2 rings (SSSR count). The lowest BCUT2D eigenvalue weighted by molar-refractivity contribution is 0.0900. The second-order valence-electron chi connectivity index (χ2n) is 4.31. The van der Waals surface area contributed by atoms with Crippen LogP contribution in [0.1, 0.15) is 29.4 Å². The van der Waals surface area contributed by atoms with Crippen molar-refractivity contribution in [1.29, 1.82) is 0 Å². The molecule has 2 unspecified atom stereocenters. The first-order valence-corrected chi connectivity index (χ1v) is 6.22. The van der Waals surface area contributed by atoms with Gasteiger partial charge in [-0.25, -0.2) is 0 Å². The Morgan fingerprint density at radius 2 is 2.50 bits per heavy atom. The van der Waals surface area contributed by atoms with Gasteiger partial charge in [-0.05, 0) is 38.3 Å². The van der Waals surface area contributed by atoms with Crippen LogP contribution in [-0.4, -0.2) is 46.1 Å². The molecular weight excluding hydrogens is 224 g/mol. The van der Waals surface area contributed by atoms with E-state index in [9.17, 15) is 4.79 Å². The number of hydrogen-bond donors (Lipinski definition) is 1. The average molecular weight is 240 g/mol. The number of likely N-dealkylation sites (tertiary alicyclic amines) is 1. The molecule has 16 heavy (non-hydrogen) atoms. The number of amides is 1. The Hall–Kier alpha value is -1.01. The predicted molar refractivity (Wildman–Crippen MR) is 62.5 cm³/mol. The summed E-state index contributed by atoms with van der Waals surface area (Å²) in [6.45, 7) is 3.22. The smallest absolute Gasteiger partial charge is 0.264 e. The molecule has 1 fully saturated rings. The molecule has 0 saturated carbocycles.